The zero-order valence-electron chi connectivity index (χ0n) is 19.4. The van der Waals surface area contributed by atoms with Gasteiger partial charge in [0, 0.05) is 37.9 Å². The summed E-state index contributed by atoms with van der Waals surface area (Å²) in [6.45, 7) is 1.73. The van der Waals surface area contributed by atoms with Crippen molar-refractivity contribution in [2.75, 3.05) is 41.7 Å². The minimum Gasteiger partial charge on any atom is -0.355 e. The number of rotatable bonds is 4. The van der Waals surface area contributed by atoms with Gasteiger partial charge < -0.3 is 20.4 Å². The molecule has 1 aliphatic rings. The molecule has 2 N–H and O–H groups in total. The van der Waals surface area contributed by atoms with Crippen LogP contribution in [0.15, 0.2) is 60.8 Å². The van der Waals surface area contributed by atoms with Crippen molar-refractivity contribution in [2.45, 2.75) is 12.6 Å². The summed E-state index contributed by atoms with van der Waals surface area (Å²) in [5, 5.41) is 5.01. The third-order valence-corrected chi connectivity index (χ3v) is 5.74. The van der Waals surface area contributed by atoms with E-state index in [1.54, 1.807) is 12.1 Å². The number of amides is 3. The maximum Gasteiger partial charge on any atom is 0.416 e. The molecular formula is C25H22F5N5O2. The molecule has 0 saturated carbocycles. The predicted molar refractivity (Wildman–Crippen MR) is 127 cm³/mol. The largest absolute Gasteiger partial charge is 0.416 e. The number of urea groups is 1. The van der Waals surface area contributed by atoms with E-state index in [1.165, 1.54) is 11.1 Å². The number of alkyl halides is 3. The van der Waals surface area contributed by atoms with Gasteiger partial charge in [-0.05, 0) is 55.0 Å². The van der Waals surface area contributed by atoms with E-state index in [9.17, 15) is 31.5 Å². The average molecular weight is 519 g/mol. The zero-order chi connectivity index (χ0) is 26.6. The third kappa shape index (κ3) is 6.51. The monoisotopic (exact) mass is 519 g/mol. The predicted octanol–water partition coefficient (Wildman–Crippen LogP) is 5.38. The molecule has 37 heavy (non-hydrogen) atoms. The molecule has 12 heteroatoms. The first-order valence-electron chi connectivity index (χ1n) is 11.3. The molecule has 2 aromatic carbocycles. The van der Waals surface area contributed by atoms with Gasteiger partial charge in [-0.25, -0.2) is 18.6 Å². The van der Waals surface area contributed by atoms with Crippen LogP contribution in [0.1, 0.15) is 22.3 Å². The van der Waals surface area contributed by atoms with Crippen LogP contribution in [0.4, 0.5) is 43.9 Å². The van der Waals surface area contributed by atoms with E-state index in [-0.39, 0.29) is 11.3 Å². The number of carbonyl (C=O) groups excluding carboxylic acids is 2. The van der Waals surface area contributed by atoms with Crippen LogP contribution in [0.3, 0.4) is 0 Å². The molecule has 0 radical (unpaired) electrons. The molecule has 2 heterocycles. The van der Waals surface area contributed by atoms with Gasteiger partial charge in [0.25, 0.3) is 5.91 Å². The lowest BCUT2D eigenvalue weighted by molar-refractivity contribution is -0.137. The summed E-state index contributed by atoms with van der Waals surface area (Å²) in [4.78, 5) is 32.7. The van der Waals surface area contributed by atoms with E-state index < -0.39 is 35.3 Å². The molecule has 1 saturated heterocycles. The summed E-state index contributed by atoms with van der Waals surface area (Å²) < 4.78 is 65.2. The summed E-state index contributed by atoms with van der Waals surface area (Å²) in [6.07, 6.45) is -2.43. The SMILES string of the molecule is O=C(Nc1ccc(C(F)(F)F)cc1)Nc1ccc(N2CCCN(C(=O)c3ccc(F)cc3F)CC2)nc1. The van der Waals surface area contributed by atoms with Crippen molar-refractivity contribution in [3.63, 3.8) is 0 Å². The van der Waals surface area contributed by atoms with Crippen molar-refractivity contribution in [3.8, 4) is 0 Å². The van der Waals surface area contributed by atoms with Crippen LogP contribution in [0.5, 0.6) is 0 Å². The smallest absolute Gasteiger partial charge is 0.355 e. The molecule has 1 aliphatic heterocycles. The summed E-state index contributed by atoms with van der Waals surface area (Å²) in [5.74, 6) is -1.56. The molecule has 3 aromatic rings. The minimum absolute atomic E-state index is 0.182. The topological polar surface area (TPSA) is 77.6 Å². The Kier molecular flexibility index (Phi) is 7.55. The molecule has 0 bridgehead atoms. The first-order chi connectivity index (χ1) is 17.6. The van der Waals surface area contributed by atoms with Gasteiger partial charge in [0.1, 0.15) is 17.5 Å². The fourth-order valence-corrected chi connectivity index (χ4v) is 3.87. The lowest BCUT2D eigenvalue weighted by Crippen LogP contribution is -2.35. The van der Waals surface area contributed by atoms with Gasteiger partial charge in [-0.1, -0.05) is 0 Å². The maximum atomic E-state index is 14.0. The molecule has 0 aliphatic carbocycles. The summed E-state index contributed by atoms with van der Waals surface area (Å²) >= 11 is 0. The van der Waals surface area contributed by atoms with Gasteiger partial charge in [0.15, 0.2) is 0 Å². The van der Waals surface area contributed by atoms with Gasteiger partial charge in [0.2, 0.25) is 0 Å². The molecule has 3 amide bonds. The number of halogens is 5. The average Bonchev–Trinajstić information content (AvgIpc) is 3.10. The number of aromatic nitrogens is 1. The Hall–Kier alpha value is -4.22. The van der Waals surface area contributed by atoms with Crippen molar-refractivity contribution in [1.82, 2.24) is 9.88 Å². The van der Waals surface area contributed by atoms with Crippen LogP contribution in [0.2, 0.25) is 0 Å². The van der Waals surface area contributed by atoms with Crippen LogP contribution in [-0.2, 0) is 6.18 Å². The zero-order valence-corrected chi connectivity index (χ0v) is 19.4. The van der Waals surface area contributed by atoms with E-state index in [4.69, 9.17) is 0 Å². The number of nitrogens with one attached hydrogen (secondary N) is 2. The standard InChI is InChI=1S/C25H22F5N5O2/c26-17-4-8-20(21(27)14-17)23(36)35-11-1-10-34(12-13-35)22-9-7-19(15-31-22)33-24(37)32-18-5-2-16(3-6-18)25(28,29)30/h2-9,14-15H,1,10-13H2,(H2,32,33,37). The molecule has 1 fully saturated rings. The second-order valence-electron chi connectivity index (χ2n) is 8.32. The molecule has 1 aromatic heterocycles. The highest BCUT2D eigenvalue weighted by Crippen LogP contribution is 2.30. The van der Waals surface area contributed by atoms with Crippen LogP contribution in [-0.4, -0.2) is 48.0 Å². The van der Waals surface area contributed by atoms with Gasteiger partial charge in [0.05, 0.1) is 23.0 Å². The molecule has 0 unspecified atom stereocenters. The van der Waals surface area contributed by atoms with Crippen molar-refractivity contribution >= 4 is 29.1 Å². The first kappa shape index (κ1) is 25.9. The quantitative estimate of drug-likeness (QED) is 0.454. The summed E-state index contributed by atoms with van der Waals surface area (Å²) in [7, 11) is 0. The van der Waals surface area contributed by atoms with Crippen molar-refractivity contribution in [2.24, 2.45) is 0 Å². The van der Waals surface area contributed by atoms with Gasteiger partial charge in [-0.2, -0.15) is 13.2 Å². The van der Waals surface area contributed by atoms with E-state index in [0.29, 0.717) is 50.2 Å². The Labute approximate surface area is 208 Å². The summed E-state index contributed by atoms with van der Waals surface area (Å²) in [5.41, 5.74) is -0.439. The maximum absolute atomic E-state index is 14.0. The Morgan fingerprint density at radius 1 is 0.838 bits per heavy atom. The fourth-order valence-electron chi connectivity index (χ4n) is 3.87. The van der Waals surface area contributed by atoms with E-state index in [2.05, 4.69) is 15.6 Å². The van der Waals surface area contributed by atoms with Crippen LogP contribution < -0.4 is 15.5 Å². The molecule has 4 rings (SSSR count). The fraction of sp³-hybridized carbons (Fsp3) is 0.240. The minimum atomic E-state index is -4.46. The Morgan fingerprint density at radius 2 is 1.54 bits per heavy atom. The number of anilines is 3. The molecular weight excluding hydrogens is 497 g/mol. The lowest BCUT2D eigenvalue weighted by Gasteiger charge is -2.23. The molecule has 194 valence electrons. The highest BCUT2D eigenvalue weighted by Gasteiger charge is 2.30. The van der Waals surface area contributed by atoms with E-state index in [1.807, 2.05) is 4.90 Å². The van der Waals surface area contributed by atoms with Crippen molar-refractivity contribution in [3.05, 3.63) is 83.6 Å². The Balaban J connectivity index is 1.32. The van der Waals surface area contributed by atoms with Gasteiger partial charge >= 0.3 is 12.2 Å². The lowest BCUT2D eigenvalue weighted by atomic mass is 10.1. The van der Waals surface area contributed by atoms with Crippen LogP contribution in [0.25, 0.3) is 0 Å². The highest BCUT2D eigenvalue weighted by molar-refractivity contribution is 5.99. The number of nitrogens with zero attached hydrogens (tertiary/aromatic N) is 3. The van der Waals surface area contributed by atoms with Crippen LogP contribution in [0, 0.1) is 11.6 Å². The van der Waals surface area contributed by atoms with Crippen LogP contribution >= 0.6 is 0 Å². The first-order valence-corrected chi connectivity index (χ1v) is 11.3. The normalized spacial score (nSPS) is 14.2. The Bertz CT molecular complexity index is 1270. The third-order valence-electron chi connectivity index (χ3n) is 5.74. The van der Waals surface area contributed by atoms with Crippen molar-refractivity contribution < 1.29 is 31.5 Å². The van der Waals surface area contributed by atoms with E-state index >= 15 is 0 Å². The van der Waals surface area contributed by atoms with Gasteiger partial charge in [-0.15, -0.1) is 0 Å². The highest BCUT2D eigenvalue weighted by atomic mass is 19.4. The second kappa shape index (κ2) is 10.8. The molecule has 7 nitrogen and oxygen atoms in total. The van der Waals surface area contributed by atoms with E-state index in [0.717, 1.165) is 36.4 Å². The Morgan fingerprint density at radius 3 is 2.19 bits per heavy atom. The van der Waals surface area contributed by atoms with Crippen molar-refractivity contribution in [1.29, 1.82) is 0 Å². The number of hydrogen-bond donors (Lipinski definition) is 2. The second-order valence-corrected chi connectivity index (χ2v) is 8.32. The number of carbonyl (C=O) groups is 2. The number of hydrogen-bond acceptors (Lipinski definition) is 4. The molecule has 0 spiro atoms. The summed E-state index contributed by atoms with van der Waals surface area (Å²) in [6, 6.07) is 9.58. The number of pyridine rings is 1. The molecule has 0 atom stereocenters. The van der Waals surface area contributed by atoms with Gasteiger partial charge in [-0.3, -0.25) is 4.79 Å². The number of benzene rings is 2.